The van der Waals surface area contributed by atoms with Gasteiger partial charge in [0.05, 0.1) is 15.6 Å². The number of carbonyl (C=O) groups is 4. The number of amides is 2. The van der Waals surface area contributed by atoms with Crippen LogP contribution in [-0.4, -0.2) is 67.7 Å². The molecule has 0 spiro atoms. The quantitative estimate of drug-likeness (QED) is 0.403. The smallest absolute Gasteiger partial charge is 0.352 e. The van der Waals surface area contributed by atoms with Crippen LogP contribution < -0.4 is 5.32 Å². The first-order chi connectivity index (χ1) is 16.2. The number of β-lactam (4-membered cyclic amide) rings is 1. The molecule has 4 rings (SSSR count). The number of esters is 1. The number of aliphatic carboxylic acids is 1. The van der Waals surface area contributed by atoms with Crippen molar-refractivity contribution in [1.82, 2.24) is 20.4 Å². The number of carboxylic acids is 1. The molecular weight excluding hydrogens is 511 g/mol. The van der Waals surface area contributed by atoms with Crippen molar-refractivity contribution in [1.29, 1.82) is 0 Å². The summed E-state index contributed by atoms with van der Waals surface area (Å²) < 4.78 is 10.00. The Morgan fingerprint density at radius 1 is 1.32 bits per heavy atom. The summed E-state index contributed by atoms with van der Waals surface area (Å²) in [6, 6.07) is 3.95. The minimum absolute atomic E-state index is 0.0156. The minimum Gasteiger partial charge on any atom is -0.477 e. The van der Waals surface area contributed by atoms with Crippen LogP contribution in [0.2, 0.25) is 10.0 Å². The number of carboxylic acid groups (broad SMARTS) is 1. The third kappa shape index (κ3) is 4.61. The van der Waals surface area contributed by atoms with Gasteiger partial charge in [0.25, 0.3) is 5.91 Å². The molecule has 1 aromatic carbocycles. The summed E-state index contributed by atoms with van der Waals surface area (Å²) >= 11 is 13.5. The Hall–Kier alpha value is -3.09. The molecule has 2 atom stereocenters. The molecule has 14 heteroatoms. The van der Waals surface area contributed by atoms with E-state index in [2.05, 4.69) is 15.5 Å². The van der Waals surface area contributed by atoms with Gasteiger partial charge in [-0.15, -0.1) is 11.8 Å². The van der Waals surface area contributed by atoms with Crippen LogP contribution in [0.1, 0.15) is 12.8 Å². The first kappa shape index (κ1) is 24.0. The number of fused-ring (bicyclic) bond motifs is 1. The van der Waals surface area contributed by atoms with Gasteiger partial charge >= 0.3 is 11.9 Å². The zero-order chi connectivity index (χ0) is 24.6. The average Bonchev–Trinajstić information content (AvgIpc) is 3.22. The number of nitrogens with one attached hydrogen (secondary N) is 1. The third-order valence-electron chi connectivity index (χ3n) is 4.98. The van der Waals surface area contributed by atoms with E-state index in [4.69, 9.17) is 32.5 Å². The van der Waals surface area contributed by atoms with Crippen molar-refractivity contribution in [3.63, 3.8) is 0 Å². The standard InChI is InChI=1S/C20H16Cl2N4O7S/c1-8(27)32-6-9-7-34-19-15(18(29)26(19)16(9)20(30)31)23-12(28)5-13-24-17(25-33-13)14-10(21)3-2-4-11(14)22/h2-4,15,19H,5-7H2,1H3,(H,23,28)(H,30,31)/t15-,19-/m1/s1. The van der Waals surface area contributed by atoms with Gasteiger partial charge in [0.2, 0.25) is 17.6 Å². The van der Waals surface area contributed by atoms with Crippen molar-refractivity contribution in [3.05, 3.63) is 45.4 Å². The third-order valence-corrected chi connectivity index (χ3v) is 6.95. The maximum atomic E-state index is 12.7. The molecule has 3 heterocycles. The van der Waals surface area contributed by atoms with Crippen LogP contribution in [-0.2, 0) is 30.3 Å². The van der Waals surface area contributed by atoms with Crippen molar-refractivity contribution >= 4 is 58.7 Å². The van der Waals surface area contributed by atoms with Crippen molar-refractivity contribution in [2.45, 2.75) is 24.8 Å². The fourth-order valence-electron chi connectivity index (χ4n) is 3.48. The summed E-state index contributed by atoms with van der Waals surface area (Å²) in [4.78, 5) is 53.2. The van der Waals surface area contributed by atoms with E-state index in [1.54, 1.807) is 18.2 Å². The molecule has 2 aromatic rings. The summed E-state index contributed by atoms with van der Waals surface area (Å²) in [5.41, 5.74) is 0.430. The molecule has 2 aliphatic heterocycles. The summed E-state index contributed by atoms with van der Waals surface area (Å²) in [6.07, 6.45) is -0.310. The van der Waals surface area contributed by atoms with Crippen LogP contribution in [0, 0.1) is 0 Å². The Labute approximate surface area is 206 Å². The molecule has 0 bridgehead atoms. The number of carbonyl (C=O) groups excluding carboxylic acids is 3. The summed E-state index contributed by atoms with van der Waals surface area (Å²) in [5, 5.41) is 16.0. The molecule has 0 aliphatic carbocycles. The number of aromatic nitrogens is 2. The molecule has 1 fully saturated rings. The molecule has 34 heavy (non-hydrogen) atoms. The Morgan fingerprint density at radius 3 is 2.68 bits per heavy atom. The van der Waals surface area contributed by atoms with E-state index >= 15 is 0 Å². The molecule has 0 saturated carbocycles. The minimum atomic E-state index is -1.32. The highest BCUT2D eigenvalue weighted by Gasteiger charge is 2.54. The first-order valence-electron chi connectivity index (χ1n) is 9.77. The number of benzene rings is 1. The number of hydrogen-bond donors (Lipinski definition) is 2. The maximum absolute atomic E-state index is 12.7. The first-order valence-corrected chi connectivity index (χ1v) is 11.6. The predicted molar refractivity (Wildman–Crippen MR) is 120 cm³/mol. The zero-order valence-electron chi connectivity index (χ0n) is 17.4. The largest absolute Gasteiger partial charge is 0.477 e. The summed E-state index contributed by atoms with van der Waals surface area (Å²) in [6.45, 7) is 0.974. The van der Waals surface area contributed by atoms with Crippen molar-refractivity contribution in [3.8, 4) is 11.4 Å². The molecule has 0 unspecified atom stereocenters. The molecule has 2 amide bonds. The fraction of sp³-hybridized carbons (Fsp3) is 0.300. The lowest BCUT2D eigenvalue weighted by atomic mass is 10.0. The number of ether oxygens (including phenoxy) is 1. The zero-order valence-corrected chi connectivity index (χ0v) is 19.7. The van der Waals surface area contributed by atoms with Crippen LogP contribution in [0.25, 0.3) is 11.4 Å². The van der Waals surface area contributed by atoms with Gasteiger partial charge in [-0.05, 0) is 12.1 Å². The van der Waals surface area contributed by atoms with E-state index < -0.39 is 35.2 Å². The highest BCUT2D eigenvalue weighted by molar-refractivity contribution is 8.00. The van der Waals surface area contributed by atoms with Crippen LogP contribution >= 0.6 is 35.0 Å². The van der Waals surface area contributed by atoms with Gasteiger partial charge < -0.3 is 19.7 Å². The second-order valence-corrected chi connectivity index (χ2v) is 9.20. The van der Waals surface area contributed by atoms with Gasteiger partial charge in [-0.1, -0.05) is 34.4 Å². The van der Waals surface area contributed by atoms with Crippen molar-refractivity contribution in [2.75, 3.05) is 12.4 Å². The SMILES string of the molecule is CC(=O)OCC1=C(C(=O)O)N2C(=O)[C@@H](NC(=O)Cc3nc(-c4c(Cl)cccc4Cl)no3)[C@H]2SC1. The highest BCUT2D eigenvalue weighted by Crippen LogP contribution is 2.40. The molecule has 2 aliphatic rings. The fourth-order valence-corrected chi connectivity index (χ4v) is 5.38. The molecule has 11 nitrogen and oxygen atoms in total. The van der Waals surface area contributed by atoms with Crippen LogP contribution in [0.4, 0.5) is 0 Å². The van der Waals surface area contributed by atoms with Crippen LogP contribution in [0.3, 0.4) is 0 Å². The molecule has 2 N–H and O–H groups in total. The number of thioether (sulfide) groups is 1. The maximum Gasteiger partial charge on any atom is 0.352 e. The van der Waals surface area contributed by atoms with Gasteiger partial charge in [0.15, 0.2) is 0 Å². The summed E-state index contributed by atoms with van der Waals surface area (Å²) in [7, 11) is 0. The van der Waals surface area contributed by atoms with Gasteiger partial charge in [0, 0.05) is 18.2 Å². The van der Waals surface area contributed by atoms with Gasteiger partial charge in [0.1, 0.15) is 30.1 Å². The van der Waals surface area contributed by atoms with Crippen molar-refractivity contribution < 1.29 is 33.5 Å². The summed E-state index contributed by atoms with van der Waals surface area (Å²) in [5.74, 6) is -2.71. The lowest BCUT2D eigenvalue weighted by Gasteiger charge is -2.49. The molecule has 178 valence electrons. The predicted octanol–water partition coefficient (Wildman–Crippen LogP) is 1.89. The Morgan fingerprint density at radius 2 is 2.03 bits per heavy atom. The Kier molecular flexibility index (Phi) is 6.82. The van der Waals surface area contributed by atoms with E-state index in [9.17, 15) is 24.3 Å². The lowest BCUT2D eigenvalue weighted by molar-refractivity contribution is -0.151. The van der Waals surface area contributed by atoms with E-state index in [1.807, 2.05) is 0 Å². The van der Waals surface area contributed by atoms with Crippen LogP contribution in [0.15, 0.2) is 34.0 Å². The van der Waals surface area contributed by atoms with E-state index in [1.165, 1.54) is 18.7 Å². The highest BCUT2D eigenvalue weighted by atomic mass is 35.5. The van der Waals surface area contributed by atoms with Gasteiger partial charge in [-0.3, -0.25) is 19.3 Å². The number of halogens is 2. The van der Waals surface area contributed by atoms with Crippen LogP contribution in [0.5, 0.6) is 0 Å². The van der Waals surface area contributed by atoms with E-state index in [0.717, 1.165) is 4.90 Å². The molecule has 0 radical (unpaired) electrons. The normalized spacial score (nSPS) is 19.4. The number of rotatable bonds is 7. The van der Waals surface area contributed by atoms with Gasteiger partial charge in [-0.2, -0.15) is 4.98 Å². The number of nitrogens with zero attached hydrogens (tertiary/aromatic N) is 3. The monoisotopic (exact) mass is 526 g/mol. The average molecular weight is 527 g/mol. The number of hydrogen-bond acceptors (Lipinski definition) is 9. The second-order valence-electron chi connectivity index (χ2n) is 7.28. The Bertz CT molecular complexity index is 1210. The van der Waals surface area contributed by atoms with Crippen molar-refractivity contribution in [2.24, 2.45) is 0 Å². The topological polar surface area (TPSA) is 152 Å². The second kappa shape index (κ2) is 9.65. The van der Waals surface area contributed by atoms with E-state index in [0.29, 0.717) is 21.2 Å². The van der Waals surface area contributed by atoms with E-state index in [-0.39, 0.29) is 36.2 Å². The lowest BCUT2D eigenvalue weighted by Crippen LogP contribution is -2.70. The molecule has 1 aromatic heterocycles. The molecule has 1 saturated heterocycles. The molecular formula is C20H16Cl2N4O7S. The Balaban J connectivity index is 1.42. The van der Waals surface area contributed by atoms with Gasteiger partial charge in [-0.25, -0.2) is 4.79 Å².